The van der Waals surface area contributed by atoms with E-state index in [0.29, 0.717) is 0 Å². The van der Waals surface area contributed by atoms with Gasteiger partial charge >= 0.3 is 0 Å². The molecule has 0 aliphatic carbocycles. The molecule has 0 bridgehead atoms. The van der Waals surface area contributed by atoms with Gasteiger partial charge in [-0.05, 0) is 36.4 Å². The van der Waals surface area contributed by atoms with Crippen molar-refractivity contribution in [3.8, 4) is 5.69 Å². The molecule has 30 heavy (non-hydrogen) atoms. The van der Waals surface area contributed by atoms with Crippen molar-refractivity contribution in [1.82, 2.24) is 14.5 Å². The van der Waals surface area contributed by atoms with Crippen molar-refractivity contribution in [2.75, 3.05) is 0 Å². The zero-order valence-corrected chi connectivity index (χ0v) is 15.9. The van der Waals surface area contributed by atoms with Crippen LogP contribution in [0.5, 0.6) is 0 Å². The third-order valence-corrected chi connectivity index (χ3v) is 5.92. The molecular formula is C26H15N3O. The monoisotopic (exact) mass is 385 g/mol. The minimum absolute atomic E-state index is 0.922. The van der Waals surface area contributed by atoms with Gasteiger partial charge < -0.3 is 8.98 Å². The van der Waals surface area contributed by atoms with Gasteiger partial charge in [-0.1, -0.05) is 36.4 Å². The molecule has 0 atom stereocenters. The van der Waals surface area contributed by atoms with Crippen molar-refractivity contribution < 1.29 is 4.42 Å². The Kier molecular flexibility index (Phi) is 2.97. The number of nitrogens with zero attached hydrogens (tertiary/aromatic N) is 3. The summed E-state index contributed by atoms with van der Waals surface area (Å²) in [5, 5.41) is 5.59. The summed E-state index contributed by atoms with van der Waals surface area (Å²) in [5.74, 6) is 0. The van der Waals surface area contributed by atoms with Crippen LogP contribution in [0.25, 0.3) is 60.3 Å². The van der Waals surface area contributed by atoms with Crippen LogP contribution in [0, 0.1) is 0 Å². The van der Waals surface area contributed by atoms with Gasteiger partial charge in [0.25, 0.3) is 0 Å². The summed E-state index contributed by atoms with van der Waals surface area (Å²) in [5.41, 5.74) is 6.04. The fraction of sp³-hybridized carbons (Fsp3) is 0. The minimum atomic E-state index is 0.922. The van der Waals surface area contributed by atoms with E-state index >= 15 is 0 Å². The highest BCUT2D eigenvalue weighted by atomic mass is 16.3. The van der Waals surface area contributed by atoms with Gasteiger partial charge in [-0.2, -0.15) is 0 Å². The van der Waals surface area contributed by atoms with Crippen LogP contribution in [-0.4, -0.2) is 14.5 Å². The third-order valence-electron chi connectivity index (χ3n) is 5.92. The van der Waals surface area contributed by atoms with Crippen LogP contribution in [0.3, 0.4) is 0 Å². The maximum absolute atomic E-state index is 5.87. The van der Waals surface area contributed by atoms with Crippen LogP contribution in [0.1, 0.15) is 0 Å². The number of pyridine rings is 2. The lowest BCUT2D eigenvalue weighted by atomic mass is 10.1. The maximum atomic E-state index is 5.87. The Balaban J connectivity index is 1.61. The molecule has 0 radical (unpaired) electrons. The lowest BCUT2D eigenvalue weighted by Gasteiger charge is -2.09. The fourth-order valence-corrected chi connectivity index (χ4v) is 4.60. The summed E-state index contributed by atoms with van der Waals surface area (Å²) in [6, 6.07) is 25.2. The largest absolute Gasteiger partial charge is 0.464 e. The van der Waals surface area contributed by atoms with E-state index in [1.165, 1.54) is 5.39 Å². The topological polar surface area (TPSA) is 43.9 Å². The molecule has 0 saturated carbocycles. The SMILES string of the molecule is c1cnc2c(c1)ccc1cc(-n3c4ccccc4c4c5occc5ccc43)cnc12. The van der Waals surface area contributed by atoms with Gasteiger partial charge in [-0.25, -0.2) is 0 Å². The predicted molar refractivity (Wildman–Crippen MR) is 121 cm³/mol. The second kappa shape index (κ2) is 5.67. The van der Waals surface area contributed by atoms with Crippen molar-refractivity contribution in [1.29, 1.82) is 0 Å². The first-order valence-corrected chi connectivity index (χ1v) is 9.92. The summed E-state index contributed by atoms with van der Waals surface area (Å²) >= 11 is 0. The number of para-hydroxylation sites is 1. The lowest BCUT2D eigenvalue weighted by Crippen LogP contribution is -1.95. The summed E-state index contributed by atoms with van der Waals surface area (Å²) < 4.78 is 8.14. The second-order valence-electron chi connectivity index (χ2n) is 7.56. The Labute approximate surface area is 171 Å². The van der Waals surface area contributed by atoms with E-state index in [2.05, 4.69) is 70.2 Å². The molecule has 0 fully saturated rings. The molecule has 0 saturated heterocycles. The molecule has 0 N–H and O–H groups in total. The van der Waals surface area contributed by atoms with Gasteiger partial charge in [0.1, 0.15) is 5.58 Å². The second-order valence-corrected chi connectivity index (χ2v) is 7.56. The van der Waals surface area contributed by atoms with Crippen molar-refractivity contribution in [2.45, 2.75) is 0 Å². The summed E-state index contributed by atoms with van der Waals surface area (Å²) in [6.45, 7) is 0. The van der Waals surface area contributed by atoms with Crippen LogP contribution in [0.2, 0.25) is 0 Å². The molecule has 0 unspecified atom stereocenters. The van der Waals surface area contributed by atoms with Gasteiger partial charge in [0.05, 0.1) is 45.6 Å². The highest BCUT2D eigenvalue weighted by Crippen LogP contribution is 2.37. The van der Waals surface area contributed by atoms with Crippen molar-refractivity contribution >= 4 is 54.6 Å². The Bertz CT molecular complexity index is 1760. The molecule has 3 aromatic carbocycles. The Morgan fingerprint density at radius 1 is 0.700 bits per heavy atom. The molecule has 0 amide bonds. The lowest BCUT2D eigenvalue weighted by molar-refractivity contribution is 0.619. The van der Waals surface area contributed by atoms with Crippen molar-refractivity contribution in [2.24, 2.45) is 0 Å². The maximum Gasteiger partial charge on any atom is 0.143 e. The van der Waals surface area contributed by atoms with Crippen molar-refractivity contribution in [3.63, 3.8) is 0 Å². The smallest absolute Gasteiger partial charge is 0.143 e. The first-order valence-electron chi connectivity index (χ1n) is 9.92. The van der Waals surface area contributed by atoms with Gasteiger partial charge in [-0.15, -0.1) is 0 Å². The number of hydrogen-bond acceptors (Lipinski definition) is 3. The van der Waals surface area contributed by atoms with E-state index in [9.17, 15) is 0 Å². The van der Waals surface area contributed by atoms with Crippen LogP contribution in [0.15, 0.2) is 95.9 Å². The molecule has 7 rings (SSSR count). The molecule has 0 aliphatic heterocycles. The summed E-state index contributed by atoms with van der Waals surface area (Å²) in [7, 11) is 0. The Morgan fingerprint density at radius 2 is 1.57 bits per heavy atom. The van der Waals surface area contributed by atoms with Gasteiger partial charge in [0.15, 0.2) is 0 Å². The summed E-state index contributed by atoms with van der Waals surface area (Å²) in [4.78, 5) is 9.37. The number of hydrogen-bond donors (Lipinski definition) is 0. The predicted octanol–water partition coefficient (Wildman–Crippen LogP) is 6.63. The molecule has 0 spiro atoms. The molecule has 4 nitrogen and oxygen atoms in total. The number of furan rings is 1. The van der Waals surface area contributed by atoms with Crippen molar-refractivity contribution in [3.05, 3.63) is 91.5 Å². The molecule has 4 aromatic heterocycles. The zero-order chi connectivity index (χ0) is 19.7. The van der Waals surface area contributed by atoms with Crippen LogP contribution in [-0.2, 0) is 0 Å². The van der Waals surface area contributed by atoms with E-state index in [1.807, 2.05) is 24.5 Å². The number of fused-ring (bicyclic) bond motifs is 8. The van der Waals surface area contributed by atoms with E-state index in [1.54, 1.807) is 6.26 Å². The zero-order valence-electron chi connectivity index (χ0n) is 15.9. The van der Waals surface area contributed by atoms with Crippen LogP contribution in [0.4, 0.5) is 0 Å². The van der Waals surface area contributed by atoms with Gasteiger partial charge in [-0.3, -0.25) is 9.97 Å². The average Bonchev–Trinajstić information content (AvgIpc) is 3.40. The first kappa shape index (κ1) is 15.7. The highest BCUT2D eigenvalue weighted by molar-refractivity contribution is 6.19. The molecular weight excluding hydrogens is 370 g/mol. The highest BCUT2D eigenvalue weighted by Gasteiger charge is 2.16. The number of aromatic nitrogens is 3. The van der Waals surface area contributed by atoms with E-state index < -0.39 is 0 Å². The molecule has 0 aliphatic rings. The standard InChI is InChI=1S/C26H15N3O/c1-2-6-21-20(5-1)23-22(10-9-17-11-13-30-26(17)23)29(21)19-14-18-8-7-16-4-3-12-27-24(16)25(18)28-15-19/h1-15H. The Morgan fingerprint density at radius 3 is 2.57 bits per heavy atom. The van der Waals surface area contributed by atoms with Crippen LogP contribution >= 0.6 is 0 Å². The summed E-state index contributed by atoms with van der Waals surface area (Å²) in [6.07, 6.45) is 5.51. The molecule has 4 heterocycles. The van der Waals surface area contributed by atoms with E-state index in [4.69, 9.17) is 9.40 Å². The quantitative estimate of drug-likeness (QED) is 0.298. The fourth-order valence-electron chi connectivity index (χ4n) is 4.60. The van der Waals surface area contributed by atoms with E-state index in [-0.39, 0.29) is 0 Å². The van der Waals surface area contributed by atoms with E-state index in [0.717, 1.165) is 54.9 Å². The van der Waals surface area contributed by atoms with Gasteiger partial charge in [0.2, 0.25) is 0 Å². The third kappa shape index (κ3) is 2.00. The molecule has 140 valence electrons. The van der Waals surface area contributed by atoms with Gasteiger partial charge in [0, 0.05) is 27.7 Å². The minimum Gasteiger partial charge on any atom is -0.464 e. The number of benzene rings is 3. The molecule has 4 heteroatoms. The average molecular weight is 385 g/mol. The first-order chi connectivity index (χ1) is 14.9. The normalized spacial score (nSPS) is 12.0. The van der Waals surface area contributed by atoms with Crippen LogP contribution < -0.4 is 0 Å². The Hall–Kier alpha value is -4.18. The molecule has 7 aromatic rings. The number of rotatable bonds is 1.